The number of likely N-dealkylation sites (tertiary alicyclic amines) is 1. The summed E-state index contributed by atoms with van der Waals surface area (Å²) < 4.78 is 10.5. The van der Waals surface area contributed by atoms with Gasteiger partial charge in [-0.05, 0) is 42.3 Å². The number of aliphatic hydroxyl groups excluding tert-OH is 1. The van der Waals surface area contributed by atoms with E-state index in [1.807, 2.05) is 0 Å². The molecule has 2 heterocycles. The number of ketones is 1. The van der Waals surface area contributed by atoms with E-state index >= 15 is 0 Å². The fraction of sp³-hybridized carbons (Fsp3) is 0.261. The largest absolute Gasteiger partial charge is 0.507 e. The molecule has 1 unspecified atom stereocenters. The van der Waals surface area contributed by atoms with Crippen LogP contribution in [0.3, 0.4) is 0 Å². The molecule has 0 saturated carbocycles. The highest BCUT2D eigenvalue weighted by molar-refractivity contribution is 6.46. The molecule has 1 aliphatic heterocycles. The average Bonchev–Trinajstić information content (AvgIpc) is 3.03. The third kappa shape index (κ3) is 4.41. The summed E-state index contributed by atoms with van der Waals surface area (Å²) in [7, 11) is 1.58. The summed E-state index contributed by atoms with van der Waals surface area (Å²) in [6.07, 6.45) is 5.41. The summed E-state index contributed by atoms with van der Waals surface area (Å²) >= 11 is 0. The number of amides is 1. The lowest BCUT2D eigenvalue weighted by Gasteiger charge is -2.25. The summed E-state index contributed by atoms with van der Waals surface area (Å²) in [6, 6.07) is 9.47. The van der Waals surface area contributed by atoms with Crippen LogP contribution in [-0.2, 0) is 14.3 Å². The van der Waals surface area contributed by atoms with Crippen molar-refractivity contribution < 1.29 is 24.2 Å². The van der Waals surface area contributed by atoms with E-state index in [0.717, 1.165) is 0 Å². The molecule has 1 aromatic heterocycles. The Kier molecular flexibility index (Phi) is 6.98. The number of hydrogen-bond donors (Lipinski definition) is 1. The summed E-state index contributed by atoms with van der Waals surface area (Å²) in [5.74, 6) is -0.986. The summed E-state index contributed by atoms with van der Waals surface area (Å²) in [6.45, 7) is 4.74. The first kappa shape index (κ1) is 21.3. The van der Waals surface area contributed by atoms with Gasteiger partial charge in [0.05, 0.1) is 11.6 Å². The Morgan fingerprint density at radius 2 is 2.03 bits per heavy atom. The van der Waals surface area contributed by atoms with Gasteiger partial charge in [-0.2, -0.15) is 0 Å². The molecule has 30 heavy (non-hydrogen) atoms. The summed E-state index contributed by atoms with van der Waals surface area (Å²) in [4.78, 5) is 31.2. The molecule has 0 radical (unpaired) electrons. The molecule has 0 bridgehead atoms. The third-order valence-electron chi connectivity index (χ3n) is 4.78. The Morgan fingerprint density at radius 3 is 2.67 bits per heavy atom. The second-order valence-corrected chi connectivity index (χ2v) is 6.75. The first-order chi connectivity index (χ1) is 14.6. The minimum Gasteiger partial charge on any atom is -0.507 e. The number of hydrogen-bond acceptors (Lipinski definition) is 6. The number of benzene rings is 1. The first-order valence-corrected chi connectivity index (χ1v) is 9.60. The Morgan fingerprint density at radius 1 is 1.27 bits per heavy atom. The van der Waals surface area contributed by atoms with Crippen molar-refractivity contribution in [3.05, 3.63) is 78.1 Å². The van der Waals surface area contributed by atoms with Gasteiger partial charge in [-0.3, -0.25) is 14.6 Å². The minimum atomic E-state index is -0.717. The van der Waals surface area contributed by atoms with Crippen molar-refractivity contribution in [2.24, 2.45) is 0 Å². The maximum Gasteiger partial charge on any atom is 0.295 e. The van der Waals surface area contributed by atoms with Crippen LogP contribution in [0.1, 0.15) is 23.6 Å². The fourth-order valence-electron chi connectivity index (χ4n) is 3.39. The standard InChI is InChI=1S/C23H24N2O5/c1-3-13-30-18-9-7-16(8-10-18)21(26)19-20(17-6-4-11-24-15-17)25(12-5-14-29-2)23(28)22(19)27/h3-4,6-11,15,20,26H,1,5,12-14H2,2H3/b21-19-. The SMILES string of the molecule is C=CCOc1ccc(/C(O)=C2/C(=O)C(=O)N(CCCOC)C2c2cccnc2)cc1. The van der Waals surface area contributed by atoms with Crippen LogP contribution >= 0.6 is 0 Å². The molecule has 1 fully saturated rings. The van der Waals surface area contributed by atoms with E-state index in [-0.39, 0.29) is 11.3 Å². The van der Waals surface area contributed by atoms with Gasteiger partial charge in [0.25, 0.3) is 11.7 Å². The average molecular weight is 408 g/mol. The highest BCUT2D eigenvalue weighted by Gasteiger charge is 2.45. The molecular formula is C23H24N2O5. The number of rotatable bonds is 9. The number of carbonyl (C=O) groups is 2. The molecule has 156 valence electrons. The van der Waals surface area contributed by atoms with Gasteiger partial charge in [0.2, 0.25) is 0 Å². The van der Waals surface area contributed by atoms with E-state index in [1.54, 1.807) is 62.0 Å². The lowest BCUT2D eigenvalue weighted by molar-refractivity contribution is -0.140. The van der Waals surface area contributed by atoms with E-state index in [0.29, 0.717) is 43.1 Å². The predicted molar refractivity (Wildman–Crippen MR) is 112 cm³/mol. The number of aliphatic hydroxyl groups is 1. The molecule has 3 rings (SSSR count). The van der Waals surface area contributed by atoms with Gasteiger partial charge in [0, 0.05) is 38.2 Å². The highest BCUT2D eigenvalue weighted by atomic mass is 16.5. The maximum atomic E-state index is 12.9. The molecule has 7 nitrogen and oxygen atoms in total. The third-order valence-corrected chi connectivity index (χ3v) is 4.78. The molecule has 1 aliphatic rings. The van der Waals surface area contributed by atoms with Gasteiger partial charge >= 0.3 is 0 Å². The van der Waals surface area contributed by atoms with Gasteiger partial charge in [-0.25, -0.2) is 0 Å². The van der Waals surface area contributed by atoms with Gasteiger partial charge < -0.3 is 19.5 Å². The zero-order valence-corrected chi connectivity index (χ0v) is 16.8. The predicted octanol–water partition coefficient (Wildman–Crippen LogP) is 3.10. The number of aromatic nitrogens is 1. The lowest BCUT2D eigenvalue weighted by atomic mass is 9.96. The first-order valence-electron chi connectivity index (χ1n) is 9.60. The van der Waals surface area contributed by atoms with Crippen molar-refractivity contribution in [1.29, 1.82) is 0 Å². The van der Waals surface area contributed by atoms with Gasteiger partial charge in [-0.1, -0.05) is 18.7 Å². The normalized spacial score (nSPS) is 17.9. The molecule has 7 heteroatoms. The van der Waals surface area contributed by atoms with Crippen LogP contribution in [0.15, 0.2) is 67.0 Å². The Labute approximate surface area is 175 Å². The number of carbonyl (C=O) groups excluding carboxylic acids is 2. The summed E-state index contributed by atoms with van der Waals surface area (Å²) in [5.41, 5.74) is 1.12. The van der Waals surface area contributed by atoms with E-state index in [1.165, 1.54) is 4.90 Å². The number of methoxy groups -OCH3 is 1. The van der Waals surface area contributed by atoms with Crippen molar-refractivity contribution in [2.75, 3.05) is 26.9 Å². The Hall–Kier alpha value is -3.45. The van der Waals surface area contributed by atoms with Crippen molar-refractivity contribution in [3.63, 3.8) is 0 Å². The zero-order chi connectivity index (χ0) is 21.5. The van der Waals surface area contributed by atoms with Gasteiger partial charge in [-0.15, -0.1) is 0 Å². The number of Topliss-reactive ketones (excluding diaryl/α,β-unsaturated/α-hetero) is 1. The zero-order valence-electron chi connectivity index (χ0n) is 16.8. The fourth-order valence-corrected chi connectivity index (χ4v) is 3.39. The lowest BCUT2D eigenvalue weighted by Crippen LogP contribution is -2.31. The Balaban J connectivity index is 2.01. The van der Waals surface area contributed by atoms with Crippen molar-refractivity contribution in [1.82, 2.24) is 9.88 Å². The van der Waals surface area contributed by atoms with Crippen LogP contribution in [-0.4, -0.2) is 53.5 Å². The highest BCUT2D eigenvalue weighted by Crippen LogP contribution is 2.39. The van der Waals surface area contributed by atoms with Crippen LogP contribution in [0.5, 0.6) is 5.75 Å². The van der Waals surface area contributed by atoms with E-state index in [2.05, 4.69) is 11.6 Å². The molecule has 1 aromatic carbocycles. The Bertz CT molecular complexity index is 938. The number of nitrogens with zero attached hydrogens (tertiary/aromatic N) is 2. The molecule has 1 N–H and O–H groups in total. The number of pyridine rings is 1. The van der Waals surface area contributed by atoms with Crippen molar-refractivity contribution in [3.8, 4) is 5.75 Å². The molecule has 2 aromatic rings. The van der Waals surface area contributed by atoms with Crippen LogP contribution in [0.2, 0.25) is 0 Å². The maximum absolute atomic E-state index is 12.9. The molecular weight excluding hydrogens is 384 g/mol. The number of ether oxygens (including phenoxy) is 2. The monoisotopic (exact) mass is 408 g/mol. The minimum absolute atomic E-state index is 0.0465. The molecule has 0 aliphatic carbocycles. The van der Waals surface area contributed by atoms with E-state index in [4.69, 9.17) is 9.47 Å². The summed E-state index contributed by atoms with van der Waals surface area (Å²) in [5, 5.41) is 11.0. The van der Waals surface area contributed by atoms with Crippen LogP contribution in [0.4, 0.5) is 0 Å². The van der Waals surface area contributed by atoms with Crippen molar-refractivity contribution >= 4 is 17.4 Å². The molecule has 1 amide bonds. The molecule has 0 spiro atoms. The quantitative estimate of drug-likeness (QED) is 0.225. The van der Waals surface area contributed by atoms with E-state index < -0.39 is 17.7 Å². The topological polar surface area (TPSA) is 89.0 Å². The molecule has 1 saturated heterocycles. The van der Waals surface area contributed by atoms with Crippen LogP contribution in [0, 0.1) is 0 Å². The second kappa shape index (κ2) is 9.84. The second-order valence-electron chi connectivity index (χ2n) is 6.75. The van der Waals surface area contributed by atoms with Crippen LogP contribution < -0.4 is 4.74 Å². The van der Waals surface area contributed by atoms with Crippen molar-refractivity contribution in [2.45, 2.75) is 12.5 Å². The molecule has 1 atom stereocenters. The smallest absolute Gasteiger partial charge is 0.295 e. The van der Waals surface area contributed by atoms with Crippen LogP contribution in [0.25, 0.3) is 5.76 Å². The van der Waals surface area contributed by atoms with Gasteiger partial charge in [0.1, 0.15) is 18.1 Å². The van der Waals surface area contributed by atoms with E-state index in [9.17, 15) is 14.7 Å². The van der Waals surface area contributed by atoms with Gasteiger partial charge in [0.15, 0.2) is 0 Å².